The highest BCUT2D eigenvalue weighted by molar-refractivity contribution is 7.95. The molecule has 0 aromatic heterocycles. The standard InChI is InChI=1S/C22H22Cl2N2O5S/c23-16-3-1-15(2-4-16)19-21(32(29,30)18-7-5-17(24)6-8-18)20(27)22(28)26(19)10-9-25-11-13-31-14-12-25/h1-8,19,27H,9-14H2/t19-/m1/s1. The number of hydrogen-bond donors (Lipinski definition) is 1. The molecule has 4 rings (SSSR count). The first-order valence-electron chi connectivity index (χ1n) is 10.1. The van der Waals surface area contributed by atoms with Crippen molar-refractivity contribution in [1.82, 2.24) is 9.80 Å². The van der Waals surface area contributed by atoms with Crippen LogP contribution in [0.5, 0.6) is 0 Å². The average Bonchev–Trinajstić information content (AvgIpc) is 3.04. The summed E-state index contributed by atoms with van der Waals surface area (Å²) in [6.45, 7) is 3.44. The molecule has 1 saturated heterocycles. The van der Waals surface area contributed by atoms with Crippen LogP contribution in [0.2, 0.25) is 10.0 Å². The van der Waals surface area contributed by atoms with Gasteiger partial charge in [0.25, 0.3) is 5.91 Å². The van der Waals surface area contributed by atoms with E-state index in [0.29, 0.717) is 35.4 Å². The Morgan fingerprint density at radius 3 is 2.09 bits per heavy atom. The number of benzene rings is 2. The third-order valence-corrected chi connectivity index (χ3v) is 8.01. The maximum absolute atomic E-state index is 13.5. The molecule has 0 aliphatic carbocycles. The third kappa shape index (κ3) is 4.51. The number of ether oxygens (including phenoxy) is 1. The Hall–Kier alpha value is -2.10. The maximum Gasteiger partial charge on any atom is 0.290 e. The van der Waals surface area contributed by atoms with Crippen molar-refractivity contribution in [3.05, 3.63) is 74.8 Å². The molecule has 7 nitrogen and oxygen atoms in total. The Balaban J connectivity index is 1.73. The highest BCUT2D eigenvalue weighted by Crippen LogP contribution is 2.42. The molecule has 32 heavy (non-hydrogen) atoms. The van der Waals surface area contributed by atoms with Crippen molar-refractivity contribution in [1.29, 1.82) is 0 Å². The second-order valence-corrected chi connectivity index (χ2v) is 10.4. The molecule has 1 amide bonds. The fourth-order valence-corrected chi connectivity index (χ4v) is 5.83. The normalized spacial score (nSPS) is 20.2. The summed E-state index contributed by atoms with van der Waals surface area (Å²) >= 11 is 11.9. The van der Waals surface area contributed by atoms with Gasteiger partial charge in [-0.2, -0.15) is 0 Å². The van der Waals surface area contributed by atoms with Gasteiger partial charge in [0.05, 0.1) is 24.2 Å². The van der Waals surface area contributed by atoms with E-state index >= 15 is 0 Å². The van der Waals surface area contributed by atoms with Crippen LogP contribution in [-0.4, -0.2) is 68.6 Å². The summed E-state index contributed by atoms with van der Waals surface area (Å²) in [5.41, 5.74) is 0.543. The van der Waals surface area contributed by atoms with Gasteiger partial charge in [-0.25, -0.2) is 8.42 Å². The Morgan fingerprint density at radius 2 is 1.50 bits per heavy atom. The summed E-state index contributed by atoms with van der Waals surface area (Å²) in [6, 6.07) is 11.2. The fourth-order valence-electron chi connectivity index (χ4n) is 3.93. The molecular formula is C22H22Cl2N2O5S. The van der Waals surface area contributed by atoms with Crippen LogP contribution in [0.1, 0.15) is 11.6 Å². The van der Waals surface area contributed by atoms with E-state index in [9.17, 15) is 18.3 Å². The zero-order valence-electron chi connectivity index (χ0n) is 17.1. The lowest BCUT2D eigenvalue weighted by molar-refractivity contribution is -0.129. The van der Waals surface area contributed by atoms with Crippen LogP contribution in [0.25, 0.3) is 0 Å². The largest absolute Gasteiger partial charge is 0.502 e. The number of amides is 1. The van der Waals surface area contributed by atoms with E-state index < -0.39 is 27.5 Å². The van der Waals surface area contributed by atoms with Gasteiger partial charge in [0.1, 0.15) is 4.91 Å². The number of morpholine rings is 1. The third-order valence-electron chi connectivity index (χ3n) is 5.62. The minimum Gasteiger partial charge on any atom is -0.502 e. The van der Waals surface area contributed by atoms with Gasteiger partial charge in [0, 0.05) is 36.2 Å². The van der Waals surface area contributed by atoms with Crippen molar-refractivity contribution in [2.45, 2.75) is 10.9 Å². The molecule has 0 saturated carbocycles. The second-order valence-electron chi connectivity index (χ2n) is 7.58. The summed E-state index contributed by atoms with van der Waals surface area (Å²) < 4.78 is 32.4. The quantitative estimate of drug-likeness (QED) is 0.658. The predicted octanol–water partition coefficient (Wildman–Crippen LogP) is 3.45. The molecular weight excluding hydrogens is 475 g/mol. The van der Waals surface area contributed by atoms with Crippen LogP contribution in [0.3, 0.4) is 0 Å². The lowest BCUT2D eigenvalue weighted by Gasteiger charge is -2.31. The first kappa shape index (κ1) is 23.1. The SMILES string of the molecule is O=C1C(O)=C(S(=O)(=O)c2ccc(Cl)cc2)[C@@H](c2ccc(Cl)cc2)N1CCN1CCOCC1. The molecule has 170 valence electrons. The second kappa shape index (κ2) is 9.41. The van der Waals surface area contributed by atoms with Gasteiger partial charge in [0.2, 0.25) is 9.84 Å². The number of aliphatic hydroxyl groups is 1. The summed E-state index contributed by atoms with van der Waals surface area (Å²) in [5, 5.41) is 11.6. The van der Waals surface area contributed by atoms with E-state index in [2.05, 4.69) is 4.90 Å². The van der Waals surface area contributed by atoms with E-state index in [4.69, 9.17) is 27.9 Å². The van der Waals surface area contributed by atoms with Crippen molar-refractivity contribution in [2.24, 2.45) is 0 Å². The van der Waals surface area contributed by atoms with Crippen LogP contribution in [0.4, 0.5) is 0 Å². The molecule has 10 heteroatoms. The Labute approximate surface area is 196 Å². The van der Waals surface area contributed by atoms with Crippen LogP contribution < -0.4 is 0 Å². The van der Waals surface area contributed by atoms with Gasteiger partial charge >= 0.3 is 0 Å². The lowest BCUT2D eigenvalue weighted by atomic mass is 10.1. The fraction of sp³-hybridized carbons (Fsp3) is 0.318. The Morgan fingerprint density at radius 1 is 0.938 bits per heavy atom. The molecule has 1 atom stereocenters. The molecule has 0 unspecified atom stereocenters. The van der Waals surface area contributed by atoms with Gasteiger partial charge in [-0.05, 0) is 42.0 Å². The maximum atomic E-state index is 13.5. The van der Waals surface area contributed by atoms with Gasteiger partial charge in [-0.1, -0.05) is 35.3 Å². The van der Waals surface area contributed by atoms with Crippen LogP contribution in [0.15, 0.2) is 64.1 Å². The van der Waals surface area contributed by atoms with Gasteiger partial charge in [0.15, 0.2) is 5.76 Å². The zero-order valence-corrected chi connectivity index (χ0v) is 19.4. The summed E-state index contributed by atoms with van der Waals surface area (Å²) in [4.78, 5) is 16.2. The summed E-state index contributed by atoms with van der Waals surface area (Å²) in [6.07, 6.45) is 0. The van der Waals surface area contributed by atoms with Crippen molar-refractivity contribution >= 4 is 38.9 Å². The number of halogens is 2. The number of aliphatic hydroxyl groups excluding tert-OH is 1. The summed E-state index contributed by atoms with van der Waals surface area (Å²) in [7, 11) is -4.18. The molecule has 2 aromatic carbocycles. The molecule has 0 bridgehead atoms. The Bertz CT molecular complexity index is 1130. The summed E-state index contributed by atoms with van der Waals surface area (Å²) in [5.74, 6) is -1.48. The van der Waals surface area contributed by atoms with Gasteiger partial charge in [-0.3, -0.25) is 9.69 Å². The van der Waals surface area contributed by atoms with E-state index in [1.54, 1.807) is 24.3 Å². The van der Waals surface area contributed by atoms with E-state index in [1.807, 2.05) is 0 Å². The smallest absolute Gasteiger partial charge is 0.290 e. The molecule has 1 fully saturated rings. The van der Waals surface area contributed by atoms with E-state index in [1.165, 1.54) is 29.2 Å². The van der Waals surface area contributed by atoms with Crippen LogP contribution in [0, 0.1) is 0 Å². The molecule has 0 radical (unpaired) electrons. The Kier molecular flexibility index (Phi) is 6.78. The highest BCUT2D eigenvalue weighted by atomic mass is 35.5. The van der Waals surface area contributed by atoms with Crippen LogP contribution >= 0.6 is 23.2 Å². The van der Waals surface area contributed by atoms with E-state index in [0.717, 1.165) is 13.1 Å². The topological polar surface area (TPSA) is 87.1 Å². The molecule has 2 aliphatic rings. The van der Waals surface area contributed by atoms with Gasteiger partial charge in [-0.15, -0.1) is 0 Å². The highest BCUT2D eigenvalue weighted by Gasteiger charge is 2.46. The molecule has 2 aromatic rings. The minimum atomic E-state index is -4.18. The molecule has 2 aliphatic heterocycles. The first-order chi connectivity index (χ1) is 15.3. The number of hydrogen-bond acceptors (Lipinski definition) is 6. The zero-order chi connectivity index (χ0) is 22.9. The van der Waals surface area contributed by atoms with Crippen molar-refractivity contribution in [2.75, 3.05) is 39.4 Å². The number of rotatable bonds is 6. The van der Waals surface area contributed by atoms with Crippen molar-refractivity contribution in [3.63, 3.8) is 0 Å². The van der Waals surface area contributed by atoms with Crippen molar-refractivity contribution < 1.29 is 23.1 Å². The minimum absolute atomic E-state index is 0.0507. The lowest BCUT2D eigenvalue weighted by Crippen LogP contribution is -2.43. The predicted molar refractivity (Wildman–Crippen MR) is 121 cm³/mol. The molecule has 0 spiro atoms. The molecule has 1 N–H and O–H groups in total. The number of nitrogens with zero attached hydrogens (tertiary/aromatic N) is 2. The van der Waals surface area contributed by atoms with E-state index in [-0.39, 0.29) is 16.3 Å². The van der Waals surface area contributed by atoms with Crippen LogP contribution in [-0.2, 0) is 19.4 Å². The van der Waals surface area contributed by atoms with Crippen molar-refractivity contribution in [3.8, 4) is 0 Å². The average molecular weight is 497 g/mol. The number of carbonyl (C=O) groups is 1. The number of carbonyl (C=O) groups excluding carboxylic acids is 1. The molecule has 2 heterocycles. The first-order valence-corrected chi connectivity index (χ1v) is 12.3. The van der Waals surface area contributed by atoms with Gasteiger partial charge < -0.3 is 14.7 Å². The number of sulfone groups is 1. The monoisotopic (exact) mass is 496 g/mol.